The van der Waals surface area contributed by atoms with Crippen LogP contribution in [0.2, 0.25) is 0 Å². The average molecular weight is 193 g/mol. The summed E-state index contributed by atoms with van der Waals surface area (Å²) in [6, 6.07) is 1.51. The lowest BCUT2D eigenvalue weighted by atomic mass is 10.2. The molecule has 0 atom stereocenters. The highest BCUT2D eigenvalue weighted by Gasteiger charge is 2.00. The van der Waals surface area contributed by atoms with E-state index in [2.05, 4.69) is 21.6 Å². The van der Waals surface area contributed by atoms with Crippen molar-refractivity contribution in [2.75, 3.05) is 7.11 Å². The molecule has 0 bridgehead atoms. The summed E-state index contributed by atoms with van der Waals surface area (Å²) in [4.78, 5) is 14.1. The van der Waals surface area contributed by atoms with Crippen molar-refractivity contribution in [3.63, 3.8) is 0 Å². The first-order valence-electron chi connectivity index (χ1n) is 3.85. The third-order valence-electron chi connectivity index (χ3n) is 1.46. The largest absolute Gasteiger partial charge is 0.459 e. The lowest BCUT2D eigenvalue weighted by Gasteiger charge is -1.94. The zero-order valence-corrected chi connectivity index (χ0v) is 7.80. The van der Waals surface area contributed by atoms with Crippen molar-refractivity contribution in [2.45, 2.75) is 6.92 Å². The summed E-state index contributed by atoms with van der Waals surface area (Å²) in [6.45, 7) is 1.76. The van der Waals surface area contributed by atoms with Gasteiger partial charge in [0, 0.05) is 12.1 Å². The number of hydrogen-bond donors (Lipinski definition) is 0. The predicted molar refractivity (Wildman–Crippen MR) is 47.8 cm³/mol. The minimum atomic E-state index is -0.703. The maximum Gasteiger partial charge on any atom is 0.384 e. The van der Waals surface area contributed by atoms with E-state index in [1.165, 1.54) is 19.4 Å². The molecule has 0 saturated heterocycles. The van der Waals surface area contributed by atoms with Crippen LogP contribution in [0.5, 0.6) is 0 Å². The standard InChI is InChI=1S/C10H8FNO2/c1-7-5-8(10(11)12-6-7)3-4-9(13)14-2/h5-6H,1-2H3. The Hall–Kier alpha value is -1.89. The molecule has 0 aliphatic carbocycles. The van der Waals surface area contributed by atoms with Gasteiger partial charge in [-0.3, -0.25) is 0 Å². The van der Waals surface area contributed by atoms with E-state index in [0.717, 1.165) is 5.56 Å². The van der Waals surface area contributed by atoms with Crippen molar-refractivity contribution in [1.82, 2.24) is 4.98 Å². The van der Waals surface area contributed by atoms with E-state index in [-0.39, 0.29) is 5.56 Å². The van der Waals surface area contributed by atoms with Crippen molar-refractivity contribution in [3.8, 4) is 11.8 Å². The van der Waals surface area contributed by atoms with Crippen molar-refractivity contribution >= 4 is 5.97 Å². The minimum absolute atomic E-state index is 0.0930. The van der Waals surface area contributed by atoms with Crippen molar-refractivity contribution in [2.24, 2.45) is 0 Å². The van der Waals surface area contributed by atoms with Gasteiger partial charge in [0.25, 0.3) is 0 Å². The molecule has 4 heteroatoms. The van der Waals surface area contributed by atoms with Crippen LogP contribution in [0.25, 0.3) is 0 Å². The van der Waals surface area contributed by atoms with Crippen LogP contribution in [0.1, 0.15) is 11.1 Å². The Bertz CT molecular complexity index is 418. The van der Waals surface area contributed by atoms with Crippen LogP contribution in [-0.2, 0) is 9.53 Å². The summed E-state index contributed by atoms with van der Waals surface area (Å²) in [7, 11) is 1.21. The molecular weight excluding hydrogens is 185 g/mol. The highest BCUT2D eigenvalue weighted by molar-refractivity contribution is 5.88. The van der Waals surface area contributed by atoms with E-state index in [0.29, 0.717) is 0 Å². The third-order valence-corrected chi connectivity index (χ3v) is 1.46. The molecule has 72 valence electrons. The molecule has 0 spiro atoms. The van der Waals surface area contributed by atoms with Gasteiger partial charge in [-0.05, 0) is 18.6 Å². The summed E-state index contributed by atoms with van der Waals surface area (Å²) in [5.74, 6) is 3.08. The number of carbonyl (C=O) groups excluding carboxylic acids is 1. The second-order valence-electron chi connectivity index (χ2n) is 2.59. The van der Waals surface area contributed by atoms with Gasteiger partial charge in [-0.25, -0.2) is 9.78 Å². The predicted octanol–water partition coefficient (Wildman–Crippen LogP) is 1.05. The van der Waals surface area contributed by atoms with Gasteiger partial charge < -0.3 is 4.74 Å². The topological polar surface area (TPSA) is 39.2 Å². The first-order valence-corrected chi connectivity index (χ1v) is 3.85. The first kappa shape index (κ1) is 10.2. The number of halogens is 1. The van der Waals surface area contributed by atoms with Gasteiger partial charge in [-0.15, -0.1) is 0 Å². The number of carbonyl (C=O) groups is 1. The van der Waals surface area contributed by atoms with E-state index in [1.807, 2.05) is 0 Å². The molecule has 1 heterocycles. The molecule has 3 nitrogen and oxygen atoms in total. The van der Waals surface area contributed by atoms with Gasteiger partial charge in [0.15, 0.2) is 0 Å². The number of ether oxygens (including phenoxy) is 1. The smallest absolute Gasteiger partial charge is 0.384 e. The fraction of sp³-hybridized carbons (Fsp3) is 0.200. The fourth-order valence-corrected chi connectivity index (χ4v) is 0.810. The summed E-state index contributed by atoms with van der Waals surface area (Å²) >= 11 is 0. The number of aromatic nitrogens is 1. The monoisotopic (exact) mass is 193 g/mol. The number of pyridine rings is 1. The zero-order chi connectivity index (χ0) is 10.6. The number of rotatable bonds is 0. The van der Waals surface area contributed by atoms with E-state index < -0.39 is 11.9 Å². The molecule has 14 heavy (non-hydrogen) atoms. The molecule has 0 aliphatic rings. The van der Waals surface area contributed by atoms with Crippen LogP contribution in [0.15, 0.2) is 12.3 Å². The first-order chi connectivity index (χ1) is 6.63. The van der Waals surface area contributed by atoms with Crippen LogP contribution in [0, 0.1) is 24.7 Å². The molecule has 0 N–H and O–H groups in total. The Morgan fingerprint density at radius 3 is 3.00 bits per heavy atom. The van der Waals surface area contributed by atoms with Crippen LogP contribution in [0.3, 0.4) is 0 Å². The molecule has 0 radical (unpaired) electrons. The molecule has 0 saturated carbocycles. The maximum absolute atomic E-state index is 13.0. The molecule has 1 aromatic rings. The normalized spacial score (nSPS) is 8.79. The van der Waals surface area contributed by atoms with Gasteiger partial charge in [-0.1, -0.05) is 5.92 Å². The van der Waals surface area contributed by atoms with Gasteiger partial charge >= 0.3 is 5.97 Å². The Kier molecular flexibility index (Phi) is 3.19. The summed E-state index contributed by atoms with van der Waals surface area (Å²) in [5.41, 5.74) is 0.871. The number of aryl methyl sites for hydroxylation is 1. The van der Waals surface area contributed by atoms with Crippen LogP contribution in [0.4, 0.5) is 4.39 Å². The van der Waals surface area contributed by atoms with Crippen LogP contribution in [-0.4, -0.2) is 18.1 Å². The quantitative estimate of drug-likeness (QED) is 0.351. The molecule has 1 rings (SSSR count). The second kappa shape index (κ2) is 4.38. The molecular formula is C10H8FNO2. The molecule has 0 unspecified atom stereocenters. The highest BCUT2D eigenvalue weighted by Crippen LogP contribution is 2.04. The SMILES string of the molecule is COC(=O)C#Cc1cc(C)cnc1F. The average Bonchev–Trinajstić information content (AvgIpc) is 2.19. The lowest BCUT2D eigenvalue weighted by Crippen LogP contribution is -1.96. The van der Waals surface area contributed by atoms with Gasteiger partial charge in [0.1, 0.15) is 0 Å². The van der Waals surface area contributed by atoms with E-state index in [1.54, 1.807) is 6.92 Å². The Morgan fingerprint density at radius 2 is 2.36 bits per heavy atom. The third kappa shape index (κ3) is 2.56. The van der Waals surface area contributed by atoms with E-state index in [4.69, 9.17) is 0 Å². The van der Waals surface area contributed by atoms with Crippen LogP contribution < -0.4 is 0 Å². The van der Waals surface area contributed by atoms with Crippen molar-refractivity contribution in [3.05, 3.63) is 29.3 Å². The van der Waals surface area contributed by atoms with Gasteiger partial charge in [-0.2, -0.15) is 4.39 Å². The fourth-order valence-electron chi connectivity index (χ4n) is 0.810. The molecule has 0 aromatic carbocycles. The maximum atomic E-state index is 13.0. The Morgan fingerprint density at radius 1 is 1.64 bits per heavy atom. The summed E-state index contributed by atoms with van der Waals surface area (Å²) in [5, 5.41) is 0. The van der Waals surface area contributed by atoms with E-state index >= 15 is 0 Å². The van der Waals surface area contributed by atoms with Gasteiger partial charge in [0.2, 0.25) is 5.95 Å². The van der Waals surface area contributed by atoms with Crippen LogP contribution >= 0.6 is 0 Å². The molecule has 0 amide bonds. The summed E-state index contributed by atoms with van der Waals surface area (Å²) < 4.78 is 17.2. The molecule has 1 aromatic heterocycles. The highest BCUT2D eigenvalue weighted by atomic mass is 19.1. The summed E-state index contributed by atoms with van der Waals surface area (Å²) in [6.07, 6.45) is 1.39. The number of methoxy groups -OCH3 is 1. The number of nitrogens with zero attached hydrogens (tertiary/aromatic N) is 1. The van der Waals surface area contributed by atoms with E-state index in [9.17, 15) is 9.18 Å². The van der Waals surface area contributed by atoms with Crippen molar-refractivity contribution < 1.29 is 13.9 Å². The van der Waals surface area contributed by atoms with Gasteiger partial charge in [0.05, 0.1) is 12.7 Å². The number of hydrogen-bond acceptors (Lipinski definition) is 3. The molecule has 0 fully saturated rings. The van der Waals surface area contributed by atoms with Crippen molar-refractivity contribution in [1.29, 1.82) is 0 Å². The lowest BCUT2D eigenvalue weighted by molar-refractivity contribution is -0.133. The molecule has 0 aliphatic heterocycles. The Labute approximate surface area is 80.9 Å². The minimum Gasteiger partial charge on any atom is -0.459 e. The zero-order valence-electron chi connectivity index (χ0n) is 7.80. The Balaban J connectivity index is 3.00. The second-order valence-corrected chi connectivity index (χ2v) is 2.59. The number of esters is 1.